The Balaban J connectivity index is 1.91. The number of aliphatic imine (C=N–C) groups is 1. The summed E-state index contributed by atoms with van der Waals surface area (Å²) in [6.07, 6.45) is 7.71. The third kappa shape index (κ3) is 2.94. The molecule has 1 aliphatic rings. The normalized spacial score (nSPS) is 19.8. The Morgan fingerprint density at radius 1 is 1.19 bits per heavy atom. The molecule has 1 aromatic carbocycles. The highest BCUT2D eigenvalue weighted by Gasteiger charge is 2.17. The van der Waals surface area contributed by atoms with Gasteiger partial charge in [-0.25, -0.2) is 0 Å². The van der Waals surface area contributed by atoms with E-state index in [-0.39, 0.29) is 0 Å². The Hall–Kier alpha value is -1.11. The van der Waals surface area contributed by atoms with E-state index in [1.807, 2.05) is 0 Å². The predicted molar refractivity (Wildman–Crippen MR) is 70.1 cm³/mol. The first-order valence-electron chi connectivity index (χ1n) is 6.52. The van der Waals surface area contributed by atoms with Gasteiger partial charge in [-0.15, -0.1) is 0 Å². The van der Waals surface area contributed by atoms with Crippen LogP contribution >= 0.6 is 0 Å². The minimum absolute atomic E-state index is 0.599. The van der Waals surface area contributed by atoms with Gasteiger partial charge in [-0.05, 0) is 24.8 Å². The largest absolute Gasteiger partial charge is 0.286 e. The van der Waals surface area contributed by atoms with Crippen LogP contribution in [0.4, 0.5) is 0 Å². The lowest BCUT2D eigenvalue weighted by atomic mass is 10.0. The van der Waals surface area contributed by atoms with Gasteiger partial charge in [0.2, 0.25) is 0 Å². The smallest absolute Gasteiger partial charge is 0.0506 e. The fraction of sp³-hybridized carbons (Fsp3) is 0.533. The van der Waals surface area contributed by atoms with Crippen LogP contribution in [0, 0.1) is 0 Å². The van der Waals surface area contributed by atoms with Crippen molar-refractivity contribution >= 4 is 5.71 Å². The maximum absolute atomic E-state index is 4.85. The van der Waals surface area contributed by atoms with E-state index >= 15 is 0 Å². The standard InChI is InChI=1S/C15H21N/c1-2-3-5-10-14-11-12-15(16-14)13-8-6-4-7-9-13/h4,6-9,14H,2-3,5,10-12H2,1H3/t14-/m1/s1. The number of nitrogens with zero attached hydrogens (tertiary/aromatic N) is 1. The van der Waals surface area contributed by atoms with E-state index in [0.717, 1.165) is 0 Å². The van der Waals surface area contributed by atoms with Crippen LogP contribution in [0.2, 0.25) is 0 Å². The summed E-state index contributed by atoms with van der Waals surface area (Å²) in [5.41, 5.74) is 2.64. The van der Waals surface area contributed by atoms with Gasteiger partial charge in [0.1, 0.15) is 0 Å². The van der Waals surface area contributed by atoms with Gasteiger partial charge in [0, 0.05) is 5.71 Å². The van der Waals surface area contributed by atoms with Crippen molar-refractivity contribution < 1.29 is 0 Å². The van der Waals surface area contributed by atoms with E-state index < -0.39 is 0 Å². The van der Waals surface area contributed by atoms with Crippen molar-refractivity contribution in [2.75, 3.05) is 0 Å². The van der Waals surface area contributed by atoms with Crippen LogP contribution in [0.3, 0.4) is 0 Å². The average Bonchev–Trinajstić information content (AvgIpc) is 2.79. The SMILES string of the molecule is CCCCC[C@@H]1CCC(c2ccccc2)=N1. The molecule has 1 nitrogen and oxygen atoms in total. The lowest BCUT2D eigenvalue weighted by molar-refractivity contribution is 0.560. The fourth-order valence-corrected chi connectivity index (χ4v) is 2.34. The quantitative estimate of drug-likeness (QED) is 0.652. The average molecular weight is 215 g/mol. The van der Waals surface area contributed by atoms with Crippen LogP contribution in [0.15, 0.2) is 35.3 Å². The molecule has 0 spiro atoms. The zero-order chi connectivity index (χ0) is 11.2. The molecule has 0 saturated carbocycles. The first kappa shape index (κ1) is 11.4. The number of rotatable bonds is 5. The molecule has 1 heteroatoms. The molecule has 1 atom stereocenters. The van der Waals surface area contributed by atoms with Gasteiger partial charge in [0.15, 0.2) is 0 Å². The lowest BCUT2D eigenvalue weighted by Gasteiger charge is -2.04. The Morgan fingerprint density at radius 2 is 2.00 bits per heavy atom. The van der Waals surface area contributed by atoms with Crippen LogP contribution in [0.1, 0.15) is 51.0 Å². The molecule has 0 N–H and O–H groups in total. The fourth-order valence-electron chi connectivity index (χ4n) is 2.34. The highest BCUT2D eigenvalue weighted by molar-refractivity contribution is 6.01. The molecular weight excluding hydrogens is 194 g/mol. The summed E-state index contributed by atoms with van der Waals surface area (Å²) in [6, 6.07) is 11.2. The van der Waals surface area contributed by atoms with Crippen molar-refractivity contribution in [2.45, 2.75) is 51.5 Å². The predicted octanol–water partition coefficient (Wildman–Crippen LogP) is 4.22. The van der Waals surface area contributed by atoms with Crippen molar-refractivity contribution in [2.24, 2.45) is 4.99 Å². The van der Waals surface area contributed by atoms with Crippen LogP contribution in [0.25, 0.3) is 0 Å². The summed E-state index contributed by atoms with van der Waals surface area (Å²) >= 11 is 0. The lowest BCUT2D eigenvalue weighted by Crippen LogP contribution is -1.98. The first-order chi connectivity index (χ1) is 7.90. The molecule has 0 unspecified atom stereocenters. The molecular formula is C15H21N. The molecule has 1 aromatic rings. The number of benzene rings is 1. The molecule has 0 bridgehead atoms. The minimum atomic E-state index is 0.599. The zero-order valence-corrected chi connectivity index (χ0v) is 10.2. The van der Waals surface area contributed by atoms with Gasteiger partial charge >= 0.3 is 0 Å². The summed E-state index contributed by atoms with van der Waals surface area (Å²) in [7, 11) is 0. The summed E-state index contributed by atoms with van der Waals surface area (Å²) in [4.78, 5) is 4.85. The summed E-state index contributed by atoms with van der Waals surface area (Å²) < 4.78 is 0. The van der Waals surface area contributed by atoms with E-state index in [0.29, 0.717) is 6.04 Å². The molecule has 0 radical (unpaired) electrons. The van der Waals surface area contributed by atoms with Gasteiger partial charge in [-0.1, -0.05) is 56.5 Å². The molecule has 0 saturated heterocycles. The second-order valence-electron chi connectivity index (χ2n) is 4.63. The van der Waals surface area contributed by atoms with Gasteiger partial charge in [-0.2, -0.15) is 0 Å². The summed E-state index contributed by atoms with van der Waals surface area (Å²) in [5.74, 6) is 0. The van der Waals surface area contributed by atoms with Crippen LogP contribution in [-0.4, -0.2) is 11.8 Å². The van der Waals surface area contributed by atoms with Gasteiger partial charge in [0.05, 0.1) is 6.04 Å². The number of hydrogen-bond acceptors (Lipinski definition) is 1. The highest BCUT2D eigenvalue weighted by Crippen LogP contribution is 2.22. The number of hydrogen-bond donors (Lipinski definition) is 0. The van der Waals surface area contributed by atoms with E-state index in [2.05, 4.69) is 37.3 Å². The Kier molecular flexibility index (Phi) is 4.15. The van der Waals surface area contributed by atoms with Crippen molar-refractivity contribution in [1.29, 1.82) is 0 Å². The Bertz CT molecular complexity index is 340. The van der Waals surface area contributed by atoms with Gasteiger partial charge in [-0.3, -0.25) is 4.99 Å². The molecule has 0 aromatic heterocycles. The third-order valence-corrected chi connectivity index (χ3v) is 3.30. The molecule has 1 heterocycles. The second kappa shape index (κ2) is 5.83. The number of unbranched alkanes of at least 4 members (excludes halogenated alkanes) is 2. The van der Waals surface area contributed by atoms with E-state index in [1.54, 1.807) is 0 Å². The summed E-state index contributed by atoms with van der Waals surface area (Å²) in [5, 5.41) is 0. The van der Waals surface area contributed by atoms with E-state index in [9.17, 15) is 0 Å². The minimum Gasteiger partial charge on any atom is -0.286 e. The van der Waals surface area contributed by atoms with Crippen molar-refractivity contribution in [3.8, 4) is 0 Å². The van der Waals surface area contributed by atoms with Crippen LogP contribution in [0.5, 0.6) is 0 Å². The topological polar surface area (TPSA) is 12.4 Å². The molecule has 86 valence electrons. The van der Waals surface area contributed by atoms with Crippen LogP contribution in [-0.2, 0) is 0 Å². The molecule has 2 rings (SSSR count). The highest BCUT2D eigenvalue weighted by atomic mass is 14.8. The zero-order valence-electron chi connectivity index (χ0n) is 10.2. The van der Waals surface area contributed by atoms with Crippen molar-refractivity contribution in [3.63, 3.8) is 0 Å². The van der Waals surface area contributed by atoms with E-state index in [1.165, 1.54) is 49.8 Å². The molecule has 1 aliphatic heterocycles. The molecule has 0 fully saturated rings. The summed E-state index contributed by atoms with van der Waals surface area (Å²) in [6.45, 7) is 2.26. The monoisotopic (exact) mass is 215 g/mol. The second-order valence-corrected chi connectivity index (χ2v) is 4.63. The molecule has 0 amide bonds. The van der Waals surface area contributed by atoms with Crippen LogP contribution < -0.4 is 0 Å². The first-order valence-corrected chi connectivity index (χ1v) is 6.52. The van der Waals surface area contributed by atoms with Gasteiger partial charge in [0.25, 0.3) is 0 Å². The maximum Gasteiger partial charge on any atom is 0.0506 e. The molecule has 16 heavy (non-hydrogen) atoms. The van der Waals surface area contributed by atoms with Crippen molar-refractivity contribution in [3.05, 3.63) is 35.9 Å². The van der Waals surface area contributed by atoms with E-state index in [4.69, 9.17) is 4.99 Å². The Morgan fingerprint density at radius 3 is 2.75 bits per heavy atom. The molecule has 0 aliphatic carbocycles. The Labute approximate surface area is 98.6 Å². The van der Waals surface area contributed by atoms with Gasteiger partial charge < -0.3 is 0 Å². The van der Waals surface area contributed by atoms with Crippen molar-refractivity contribution in [1.82, 2.24) is 0 Å². The maximum atomic E-state index is 4.85. The third-order valence-electron chi connectivity index (χ3n) is 3.30.